The summed E-state index contributed by atoms with van der Waals surface area (Å²) in [7, 11) is 3.66. The van der Waals surface area contributed by atoms with Gasteiger partial charge in [0.25, 0.3) is 6.26 Å². The van der Waals surface area contributed by atoms with Crippen LogP contribution in [0.5, 0.6) is 0 Å². The zero-order valence-corrected chi connectivity index (χ0v) is 50.9. The van der Waals surface area contributed by atoms with Gasteiger partial charge in [0.15, 0.2) is 11.8 Å². The highest BCUT2D eigenvalue weighted by Crippen LogP contribution is 2.64. The van der Waals surface area contributed by atoms with E-state index in [0.29, 0.717) is 16.9 Å². The highest BCUT2D eigenvalue weighted by Gasteiger charge is 2.52. The number of aliphatic hydroxyl groups is 3. The summed E-state index contributed by atoms with van der Waals surface area (Å²) in [5, 5.41) is 38.7. The lowest BCUT2D eigenvalue weighted by molar-refractivity contribution is -0.155. The Hall–Kier alpha value is -6.59. The second kappa shape index (κ2) is 30.5. The molecule has 13 heteroatoms. The molecule has 3 aromatic rings. The predicted molar refractivity (Wildman–Crippen MR) is 327 cm³/mol. The Morgan fingerprint density at radius 3 is 1.73 bits per heavy atom. The number of carbonyl (C=O) groups excluding carboxylic acids is 4. The number of hydrogen-bond acceptors (Lipinski definition) is 13. The second-order valence-corrected chi connectivity index (χ2v) is 25.0. The number of allylic oxidation sites excluding steroid dienone is 11. The molecule has 0 radical (unpaired) electrons. The van der Waals surface area contributed by atoms with Crippen molar-refractivity contribution in [1.82, 2.24) is 0 Å². The molecule has 2 atom stereocenters. The van der Waals surface area contributed by atoms with Crippen LogP contribution in [0.25, 0.3) is 22.4 Å². The first-order valence-corrected chi connectivity index (χ1v) is 30.6. The van der Waals surface area contributed by atoms with Crippen LogP contribution in [0.15, 0.2) is 120 Å². The largest absolute Gasteiger partial charge is 0.495 e. The summed E-state index contributed by atoms with van der Waals surface area (Å²) in [6.45, 7) is 10.3. The van der Waals surface area contributed by atoms with Crippen molar-refractivity contribution in [3.63, 3.8) is 0 Å². The molecule has 3 N–H and O–H groups in total. The molecular weight excluding hydrogens is 1060 g/mol. The summed E-state index contributed by atoms with van der Waals surface area (Å²) in [6, 6.07) is 18.7. The standard InChI is InChI=1S/C34H39NO5.C26H34O7.C11H18/c1-3-5-25(17-30(6-4-11-36)34-18-22-12-23(19-34)14-24(13-22)20-34)26-7-8-28-16-29(10-9-27(28)15-26)31(32(37)39-2)33(38)40-21-35;1-6-8-22(20(7-2)12-9-18(3)33-17-23(28)16-27)15-19-10-13-21(14-11-19)24(25(29)31-4)26(30)32-5;1-11-5-8-2-9(6-11)4-10(3-8)7-11/h5,7-10,15-17,22-24,31,36H,3-4,6,11-14,18-20H2,1-2H3;6,8-15,23-24,27-28H,7,16-17H2,1-5H3;8-10H,2-7H2,1H3/b25-5+,30-17+;8-6-,18-9+,20-12+,22-15+;. The highest BCUT2D eigenvalue weighted by atomic mass is 16.6. The first-order chi connectivity index (χ1) is 40.4. The first-order valence-electron chi connectivity index (χ1n) is 30.6. The number of benzene rings is 3. The maximum absolute atomic E-state index is 12.3. The first kappa shape index (κ1) is 65.0. The van der Waals surface area contributed by atoms with Gasteiger partial charge in [-0.15, -0.1) is 5.26 Å². The molecule has 0 saturated heterocycles. The Morgan fingerprint density at radius 1 is 0.714 bits per heavy atom. The molecule has 2 unspecified atom stereocenters. The summed E-state index contributed by atoms with van der Waals surface area (Å²) in [5.74, 6) is 1.11. The third-order valence-corrected chi connectivity index (χ3v) is 18.6. The molecule has 13 nitrogen and oxygen atoms in total. The van der Waals surface area contributed by atoms with Gasteiger partial charge < -0.3 is 39.0 Å². The van der Waals surface area contributed by atoms with E-state index in [9.17, 15) is 29.4 Å². The highest BCUT2D eigenvalue weighted by molar-refractivity contribution is 6.02. The van der Waals surface area contributed by atoms with E-state index in [-0.39, 0.29) is 25.2 Å². The predicted octanol–water partition coefficient (Wildman–Crippen LogP) is 13.7. The number of aliphatic hydroxyl groups excluding tert-OH is 3. The number of methoxy groups -OCH3 is 3. The quantitative estimate of drug-likeness (QED) is 0.0215. The summed E-state index contributed by atoms with van der Waals surface area (Å²) < 4.78 is 24.2. The van der Waals surface area contributed by atoms with Crippen molar-refractivity contribution in [3.8, 4) is 6.26 Å². The van der Waals surface area contributed by atoms with Crippen LogP contribution in [0.1, 0.15) is 171 Å². The Morgan fingerprint density at radius 2 is 1.24 bits per heavy atom. The SMILES string of the molecule is CC/C=C(\C=C(/CCCO)C12CC3CC(CC(C3)C1)C2)c1ccc2cc(C(C(=O)OC)C(=O)OC#N)ccc2c1.CC12CC3CC(CC(C3)C1)C2.C\C=C/C(=C\c1ccc(C(C(=O)OC)C(=O)OC)cc1)C(=C/C=C(\C)OCC(O)CO)/CC. The monoisotopic (exact) mass is 1150 g/mol. The van der Waals surface area contributed by atoms with E-state index < -0.39 is 41.8 Å². The molecule has 0 aromatic heterocycles. The molecule has 8 fully saturated rings. The molecule has 8 saturated carbocycles. The van der Waals surface area contributed by atoms with Crippen LogP contribution in [0.2, 0.25) is 0 Å². The van der Waals surface area contributed by atoms with Gasteiger partial charge in [0.1, 0.15) is 12.7 Å². The fourth-order valence-corrected chi connectivity index (χ4v) is 15.6. The van der Waals surface area contributed by atoms with E-state index in [0.717, 1.165) is 99.7 Å². The van der Waals surface area contributed by atoms with Gasteiger partial charge >= 0.3 is 23.9 Å². The molecule has 3 aromatic carbocycles. The van der Waals surface area contributed by atoms with Crippen LogP contribution < -0.4 is 0 Å². The van der Waals surface area contributed by atoms with Gasteiger partial charge in [0.05, 0.1) is 33.7 Å². The summed E-state index contributed by atoms with van der Waals surface area (Å²) in [6.07, 6.45) is 35.9. The number of nitriles is 1. The topological polar surface area (TPSA) is 199 Å². The fourth-order valence-electron chi connectivity index (χ4n) is 15.6. The van der Waals surface area contributed by atoms with Gasteiger partial charge in [-0.2, -0.15) is 0 Å². The number of esters is 4. The third-order valence-electron chi connectivity index (χ3n) is 18.6. The molecule has 0 spiro atoms. The van der Waals surface area contributed by atoms with Crippen molar-refractivity contribution in [3.05, 3.63) is 142 Å². The van der Waals surface area contributed by atoms with E-state index in [1.54, 1.807) is 69.7 Å². The lowest BCUT2D eigenvalue weighted by atomic mass is 9.47. The van der Waals surface area contributed by atoms with Crippen LogP contribution in [0.4, 0.5) is 0 Å². The zero-order chi connectivity index (χ0) is 60.6. The maximum atomic E-state index is 12.3. The van der Waals surface area contributed by atoms with E-state index in [2.05, 4.69) is 42.9 Å². The van der Waals surface area contributed by atoms with Crippen LogP contribution in [-0.2, 0) is 42.9 Å². The van der Waals surface area contributed by atoms with Crippen LogP contribution in [-0.4, -0.2) is 86.5 Å². The van der Waals surface area contributed by atoms with Gasteiger partial charge in [-0.3, -0.25) is 14.4 Å². The van der Waals surface area contributed by atoms with Gasteiger partial charge in [0.2, 0.25) is 0 Å². The van der Waals surface area contributed by atoms with Crippen molar-refractivity contribution in [1.29, 1.82) is 5.26 Å². The average molecular weight is 1150 g/mol. The van der Waals surface area contributed by atoms with Crippen molar-refractivity contribution in [2.75, 3.05) is 41.2 Å². The average Bonchev–Trinajstić information content (AvgIpc) is 0.857. The third kappa shape index (κ3) is 16.6. The molecule has 0 aliphatic heterocycles. The minimum Gasteiger partial charge on any atom is -0.495 e. The van der Waals surface area contributed by atoms with Crippen molar-refractivity contribution >= 4 is 46.3 Å². The number of rotatable bonds is 22. The molecule has 8 aliphatic carbocycles. The lowest BCUT2D eigenvalue weighted by Crippen LogP contribution is -2.47. The molecule has 84 heavy (non-hydrogen) atoms. The Kier molecular flexibility index (Phi) is 23.6. The maximum Gasteiger partial charge on any atom is 0.340 e. The number of carbonyl (C=O) groups is 4. The minimum absolute atomic E-state index is 0.0240. The van der Waals surface area contributed by atoms with Crippen LogP contribution in [0.3, 0.4) is 0 Å². The molecule has 11 rings (SSSR count). The summed E-state index contributed by atoms with van der Waals surface area (Å²) in [4.78, 5) is 48.7. The Bertz CT molecular complexity index is 2920. The van der Waals surface area contributed by atoms with Crippen LogP contribution >= 0.6 is 0 Å². The summed E-state index contributed by atoms with van der Waals surface area (Å²) in [5.41, 5.74) is 8.79. The van der Waals surface area contributed by atoms with Crippen molar-refractivity contribution in [2.24, 2.45) is 46.3 Å². The zero-order valence-electron chi connectivity index (χ0n) is 50.9. The van der Waals surface area contributed by atoms with Gasteiger partial charge in [0, 0.05) is 6.61 Å². The second-order valence-electron chi connectivity index (χ2n) is 25.0. The van der Waals surface area contributed by atoms with E-state index >= 15 is 0 Å². The molecule has 0 amide bonds. The lowest BCUT2D eigenvalue weighted by Gasteiger charge is -2.58. The Balaban J connectivity index is 0.000000205. The van der Waals surface area contributed by atoms with Gasteiger partial charge in [-0.1, -0.05) is 105 Å². The normalized spacial score (nSPS) is 25.9. The smallest absolute Gasteiger partial charge is 0.340 e. The fraction of sp³-hybridized carbons (Fsp3) is 0.535. The van der Waals surface area contributed by atoms with Gasteiger partial charge in [-0.05, 0) is 237 Å². The van der Waals surface area contributed by atoms with Gasteiger partial charge in [-0.25, -0.2) is 4.79 Å². The van der Waals surface area contributed by atoms with E-state index in [4.69, 9.17) is 29.3 Å². The van der Waals surface area contributed by atoms with Crippen molar-refractivity contribution in [2.45, 2.75) is 155 Å². The molecular formula is C71H91NO12. The molecule has 8 aliphatic rings. The van der Waals surface area contributed by atoms with Crippen molar-refractivity contribution < 1.29 is 58.2 Å². The molecule has 8 bridgehead atoms. The Labute approximate surface area is 498 Å². The molecule has 452 valence electrons. The van der Waals surface area contributed by atoms with E-state index in [1.165, 1.54) is 77.3 Å². The molecule has 0 heterocycles. The van der Waals surface area contributed by atoms with E-state index in [1.807, 2.05) is 68.5 Å². The minimum atomic E-state index is -1.32. The summed E-state index contributed by atoms with van der Waals surface area (Å²) >= 11 is 0. The van der Waals surface area contributed by atoms with Crippen LogP contribution in [0, 0.1) is 57.9 Å². The number of nitrogens with zero attached hydrogens (tertiary/aromatic N) is 1. The number of fused-ring (bicyclic) bond motifs is 1. The number of ether oxygens (including phenoxy) is 5. The number of hydrogen-bond donors (Lipinski definition) is 3.